The van der Waals surface area contributed by atoms with Gasteiger partial charge in [-0.2, -0.15) is 0 Å². The summed E-state index contributed by atoms with van der Waals surface area (Å²) in [5.74, 6) is -0.361. The monoisotopic (exact) mass is 512 g/mol. The number of hydrogen-bond acceptors (Lipinski definition) is 6. The molecule has 0 atom stereocenters. The number of esters is 2. The van der Waals surface area contributed by atoms with Gasteiger partial charge in [-0.05, 0) is 49.1 Å². The average Bonchev–Trinajstić information content (AvgIpc) is 3.32. The van der Waals surface area contributed by atoms with Crippen molar-refractivity contribution in [3.8, 4) is 16.9 Å². The zero-order valence-corrected chi connectivity index (χ0v) is 20.0. The Kier molecular flexibility index (Phi) is 7.28. The summed E-state index contributed by atoms with van der Waals surface area (Å²) in [6.07, 6.45) is 5.98. The molecule has 1 aliphatic rings. The summed E-state index contributed by atoms with van der Waals surface area (Å²) in [5.41, 5.74) is 0.472. The van der Waals surface area contributed by atoms with E-state index in [-0.39, 0.29) is 46.0 Å². The molecule has 1 fully saturated rings. The highest BCUT2D eigenvalue weighted by Gasteiger charge is 2.24. The normalized spacial score (nSPS) is 13.9. The van der Waals surface area contributed by atoms with E-state index in [2.05, 4.69) is 15.9 Å². The van der Waals surface area contributed by atoms with Crippen molar-refractivity contribution >= 4 is 38.8 Å². The third kappa shape index (κ3) is 5.36. The summed E-state index contributed by atoms with van der Waals surface area (Å²) in [7, 11) is 0. The number of fused-ring (bicyclic) bond motifs is 1. The van der Waals surface area contributed by atoms with Crippen molar-refractivity contribution in [2.75, 3.05) is 6.61 Å². The largest absolute Gasteiger partial charge is 0.460 e. The van der Waals surface area contributed by atoms with Gasteiger partial charge in [0, 0.05) is 17.0 Å². The smallest absolute Gasteiger partial charge is 0.375 e. The van der Waals surface area contributed by atoms with Crippen molar-refractivity contribution in [2.45, 2.75) is 45.4 Å². The predicted molar refractivity (Wildman–Crippen MR) is 128 cm³/mol. The molecule has 1 heterocycles. The molecule has 0 N–H and O–H groups in total. The third-order valence-corrected chi connectivity index (χ3v) is 6.45. The quantitative estimate of drug-likeness (QED) is 0.273. The minimum Gasteiger partial charge on any atom is -0.460 e. The van der Waals surface area contributed by atoms with E-state index in [9.17, 15) is 14.4 Å². The Morgan fingerprint density at radius 2 is 1.82 bits per heavy atom. The Morgan fingerprint density at radius 1 is 1.09 bits per heavy atom. The minimum atomic E-state index is -0.728. The third-order valence-electron chi connectivity index (χ3n) is 5.92. The molecular weight excluding hydrogens is 488 g/mol. The summed E-state index contributed by atoms with van der Waals surface area (Å²) in [6.45, 7) is 1.82. The van der Waals surface area contributed by atoms with Crippen molar-refractivity contribution in [1.29, 1.82) is 0 Å². The Labute approximate surface area is 200 Å². The van der Waals surface area contributed by atoms with Crippen molar-refractivity contribution < 1.29 is 23.5 Å². The van der Waals surface area contributed by atoms with Gasteiger partial charge in [0.15, 0.2) is 0 Å². The molecule has 0 saturated heterocycles. The van der Waals surface area contributed by atoms with E-state index in [4.69, 9.17) is 13.9 Å². The number of hydrogen-bond donors (Lipinski definition) is 0. The summed E-state index contributed by atoms with van der Waals surface area (Å²) < 4.78 is 17.3. The average molecular weight is 513 g/mol. The number of rotatable bonds is 7. The molecule has 1 saturated carbocycles. The van der Waals surface area contributed by atoms with Crippen LogP contribution in [0.4, 0.5) is 0 Å². The van der Waals surface area contributed by atoms with Crippen LogP contribution in [-0.4, -0.2) is 18.5 Å². The zero-order valence-electron chi connectivity index (χ0n) is 18.4. The maximum absolute atomic E-state index is 13.3. The number of halogens is 1. The van der Waals surface area contributed by atoms with Gasteiger partial charge in [0.05, 0.1) is 17.6 Å². The number of benzene rings is 2. The van der Waals surface area contributed by atoms with Crippen LogP contribution >= 0.6 is 15.9 Å². The second-order valence-corrected chi connectivity index (χ2v) is 9.10. The van der Waals surface area contributed by atoms with Crippen LogP contribution in [0.2, 0.25) is 0 Å². The van der Waals surface area contributed by atoms with E-state index < -0.39 is 5.97 Å². The highest BCUT2D eigenvalue weighted by molar-refractivity contribution is 9.10. The molecule has 7 heteroatoms. The molecule has 2 aromatic carbocycles. The summed E-state index contributed by atoms with van der Waals surface area (Å²) in [5, 5.41) is 0.284. The van der Waals surface area contributed by atoms with Crippen LogP contribution in [0.25, 0.3) is 22.1 Å². The van der Waals surface area contributed by atoms with Gasteiger partial charge < -0.3 is 13.9 Å². The number of ether oxygens (including phenoxy) is 2. The Bertz CT molecular complexity index is 1220. The van der Waals surface area contributed by atoms with E-state index in [1.807, 2.05) is 0 Å². The van der Waals surface area contributed by atoms with Gasteiger partial charge in [0.25, 0.3) is 0 Å². The molecule has 0 aliphatic heterocycles. The maximum atomic E-state index is 13.3. The standard InChI is InChI=1S/C26H25BrO6/c1-2-31-26(30)25-23(17-8-10-18(27)11-9-17)24(29)20-13-12-19(15-21(20)33-25)32-22(28)14-7-16-5-3-4-6-16/h8-13,15-16H,2-7,14H2,1H3. The molecule has 172 valence electrons. The van der Waals surface area contributed by atoms with Crippen LogP contribution in [0, 0.1) is 5.92 Å². The van der Waals surface area contributed by atoms with Gasteiger partial charge in [-0.25, -0.2) is 4.79 Å². The first-order valence-electron chi connectivity index (χ1n) is 11.2. The molecule has 0 radical (unpaired) electrons. The predicted octanol–water partition coefficient (Wildman–Crippen LogP) is 6.28. The molecule has 6 nitrogen and oxygen atoms in total. The van der Waals surface area contributed by atoms with Gasteiger partial charge in [0.2, 0.25) is 11.2 Å². The minimum absolute atomic E-state index is 0.134. The zero-order chi connectivity index (χ0) is 23.4. The van der Waals surface area contributed by atoms with Gasteiger partial charge >= 0.3 is 11.9 Å². The topological polar surface area (TPSA) is 82.8 Å². The van der Waals surface area contributed by atoms with Crippen LogP contribution in [0.15, 0.2) is 56.1 Å². The first kappa shape index (κ1) is 23.2. The van der Waals surface area contributed by atoms with Crippen LogP contribution in [0.5, 0.6) is 5.75 Å². The van der Waals surface area contributed by atoms with E-state index in [1.165, 1.54) is 31.7 Å². The highest BCUT2D eigenvalue weighted by atomic mass is 79.9. The molecule has 0 bridgehead atoms. The molecule has 33 heavy (non-hydrogen) atoms. The number of carbonyl (C=O) groups is 2. The van der Waals surface area contributed by atoms with Crippen LogP contribution < -0.4 is 10.2 Å². The molecule has 0 unspecified atom stereocenters. The van der Waals surface area contributed by atoms with Gasteiger partial charge in [0.1, 0.15) is 11.3 Å². The number of carbonyl (C=O) groups excluding carboxylic acids is 2. The van der Waals surface area contributed by atoms with Gasteiger partial charge in [-0.15, -0.1) is 0 Å². The molecule has 4 rings (SSSR count). The summed E-state index contributed by atoms with van der Waals surface area (Å²) in [4.78, 5) is 38.3. The first-order valence-corrected chi connectivity index (χ1v) is 12.0. The first-order chi connectivity index (χ1) is 16.0. The van der Waals surface area contributed by atoms with E-state index in [0.29, 0.717) is 17.9 Å². The molecular formula is C26H25BrO6. The second-order valence-electron chi connectivity index (χ2n) is 8.18. The fourth-order valence-electron chi connectivity index (χ4n) is 4.26. The Balaban J connectivity index is 1.67. The van der Waals surface area contributed by atoms with Gasteiger partial charge in [-0.1, -0.05) is 53.7 Å². The molecule has 0 spiro atoms. The molecule has 3 aromatic rings. The summed E-state index contributed by atoms with van der Waals surface area (Å²) in [6, 6.07) is 11.6. The van der Waals surface area contributed by atoms with E-state index in [1.54, 1.807) is 43.3 Å². The maximum Gasteiger partial charge on any atom is 0.375 e. The summed E-state index contributed by atoms with van der Waals surface area (Å²) >= 11 is 3.37. The lowest BCUT2D eigenvalue weighted by molar-refractivity contribution is -0.134. The molecule has 1 aromatic heterocycles. The van der Waals surface area contributed by atoms with Crippen LogP contribution in [-0.2, 0) is 9.53 Å². The van der Waals surface area contributed by atoms with E-state index in [0.717, 1.165) is 10.9 Å². The second kappa shape index (κ2) is 10.3. The van der Waals surface area contributed by atoms with Gasteiger partial charge in [-0.3, -0.25) is 9.59 Å². The van der Waals surface area contributed by atoms with Crippen molar-refractivity contribution in [3.63, 3.8) is 0 Å². The van der Waals surface area contributed by atoms with Crippen molar-refractivity contribution in [2.24, 2.45) is 5.92 Å². The Hall–Kier alpha value is -2.93. The van der Waals surface area contributed by atoms with Crippen LogP contribution in [0.3, 0.4) is 0 Å². The van der Waals surface area contributed by atoms with Crippen molar-refractivity contribution in [1.82, 2.24) is 0 Å². The lowest BCUT2D eigenvalue weighted by Crippen LogP contribution is -2.15. The van der Waals surface area contributed by atoms with E-state index >= 15 is 0 Å². The fourth-order valence-corrected chi connectivity index (χ4v) is 4.52. The lowest BCUT2D eigenvalue weighted by Gasteiger charge is -2.11. The van der Waals surface area contributed by atoms with Crippen LogP contribution in [0.1, 0.15) is 56.0 Å². The molecule has 0 amide bonds. The SMILES string of the molecule is CCOC(=O)c1oc2cc(OC(=O)CCC3CCCC3)ccc2c(=O)c1-c1ccc(Br)cc1. The Morgan fingerprint density at radius 3 is 2.52 bits per heavy atom. The lowest BCUT2D eigenvalue weighted by atomic mass is 10.0. The van der Waals surface area contributed by atoms with Crippen molar-refractivity contribution in [3.05, 3.63) is 62.9 Å². The highest BCUT2D eigenvalue weighted by Crippen LogP contribution is 2.30. The fraction of sp³-hybridized carbons (Fsp3) is 0.346. The molecule has 1 aliphatic carbocycles.